The van der Waals surface area contributed by atoms with E-state index < -0.39 is 0 Å². The van der Waals surface area contributed by atoms with Gasteiger partial charge in [0.1, 0.15) is 0 Å². The second-order valence-corrected chi connectivity index (χ2v) is 2.17. The van der Waals surface area contributed by atoms with E-state index in [-0.39, 0.29) is 0 Å². The molecule has 0 heterocycles. The smallest absolute Gasteiger partial charge is 0.357 e. The van der Waals surface area contributed by atoms with Crippen molar-refractivity contribution in [2.75, 3.05) is 13.4 Å². The minimum atomic E-state index is 0.352. The van der Waals surface area contributed by atoms with Crippen molar-refractivity contribution in [2.24, 2.45) is 0 Å². The molecule has 0 bridgehead atoms. The van der Waals surface area contributed by atoms with Crippen LogP contribution in [0.3, 0.4) is 0 Å². The summed E-state index contributed by atoms with van der Waals surface area (Å²) in [7, 11) is 1.71. The van der Waals surface area contributed by atoms with Gasteiger partial charge in [0.2, 0.25) is 0 Å². The summed E-state index contributed by atoms with van der Waals surface area (Å²) in [6.45, 7) is 2.02. The summed E-state index contributed by atoms with van der Waals surface area (Å²) in [5.74, 6) is 0. The zero-order valence-electron chi connectivity index (χ0n) is 4.39. The lowest BCUT2D eigenvalue weighted by atomic mass is 10.1. The van der Waals surface area contributed by atoms with E-state index in [1.807, 2.05) is 13.1 Å². The second-order valence-electron chi connectivity index (χ2n) is 1.04. The van der Waals surface area contributed by atoms with Gasteiger partial charge in [-0.3, -0.25) is 0 Å². The highest BCUT2D eigenvalue weighted by atomic mass is 32.2. The molecule has 3 heteroatoms. The summed E-state index contributed by atoms with van der Waals surface area (Å²) >= 11 is 1.70. The van der Waals surface area contributed by atoms with E-state index in [2.05, 4.69) is 0 Å². The SMILES string of the molecule is COB(C)SC. The van der Waals surface area contributed by atoms with Crippen LogP contribution in [0.2, 0.25) is 6.82 Å². The van der Waals surface area contributed by atoms with Gasteiger partial charge in [0.15, 0.2) is 0 Å². The molecule has 1 nitrogen and oxygen atoms in total. The van der Waals surface area contributed by atoms with Crippen LogP contribution in [-0.4, -0.2) is 19.6 Å². The maximum atomic E-state index is 4.86. The van der Waals surface area contributed by atoms with E-state index in [1.54, 1.807) is 18.7 Å². The summed E-state index contributed by atoms with van der Waals surface area (Å²) in [4.78, 5) is 0. The molecular formula is C3H9BOS. The maximum absolute atomic E-state index is 4.86. The molecule has 0 aromatic rings. The van der Waals surface area contributed by atoms with Crippen LogP contribution in [0.5, 0.6) is 0 Å². The molecule has 0 aliphatic carbocycles. The minimum absolute atomic E-state index is 0.352. The maximum Gasteiger partial charge on any atom is 0.357 e. The lowest BCUT2D eigenvalue weighted by Crippen LogP contribution is -2.02. The van der Waals surface area contributed by atoms with Gasteiger partial charge < -0.3 is 4.65 Å². The summed E-state index contributed by atoms with van der Waals surface area (Å²) in [6.07, 6.45) is 2.37. The average molecular weight is 104 g/mol. The molecule has 0 atom stereocenters. The van der Waals surface area contributed by atoms with E-state index >= 15 is 0 Å². The van der Waals surface area contributed by atoms with Crippen molar-refractivity contribution in [3.05, 3.63) is 0 Å². The van der Waals surface area contributed by atoms with Crippen LogP contribution in [0, 0.1) is 0 Å². The van der Waals surface area contributed by atoms with E-state index in [9.17, 15) is 0 Å². The highest BCUT2D eigenvalue weighted by molar-refractivity contribution is 8.24. The lowest BCUT2D eigenvalue weighted by Gasteiger charge is -1.95. The van der Waals surface area contributed by atoms with Gasteiger partial charge in [-0.15, -0.1) is 0 Å². The average Bonchev–Trinajstić information content (AvgIpc) is 1.65. The highest BCUT2D eigenvalue weighted by Crippen LogP contribution is 1.98. The largest absolute Gasteiger partial charge is 0.429 e. The number of rotatable bonds is 2. The van der Waals surface area contributed by atoms with Crippen molar-refractivity contribution in [3.8, 4) is 0 Å². The molecule has 0 unspecified atom stereocenters. The fraction of sp³-hybridized carbons (Fsp3) is 1.00. The molecule has 0 spiro atoms. The second kappa shape index (κ2) is 3.56. The van der Waals surface area contributed by atoms with Crippen molar-refractivity contribution in [3.63, 3.8) is 0 Å². The Bertz CT molecular complexity index is 30.0. The van der Waals surface area contributed by atoms with Gasteiger partial charge >= 0.3 is 6.19 Å². The Morgan fingerprint density at radius 3 is 2.17 bits per heavy atom. The number of hydrogen-bond acceptors (Lipinski definition) is 2. The molecule has 0 aliphatic rings. The topological polar surface area (TPSA) is 9.23 Å². The fourth-order valence-electron chi connectivity index (χ4n) is 0.0962. The van der Waals surface area contributed by atoms with Crippen LogP contribution in [0.25, 0.3) is 0 Å². The third kappa shape index (κ3) is 2.60. The van der Waals surface area contributed by atoms with Gasteiger partial charge in [0, 0.05) is 7.11 Å². The standard InChI is InChI=1S/C3H9BOS/c1-4(5-2)6-3/h1-3H3. The van der Waals surface area contributed by atoms with Gasteiger partial charge in [-0.2, -0.15) is 11.6 Å². The normalized spacial score (nSPS) is 8.50. The van der Waals surface area contributed by atoms with Crippen molar-refractivity contribution in [1.82, 2.24) is 0 Å². The molecule has 0 fully saturated rings. The number of hydrogen-bond donors (Lipinski definition) is 0. The third-order valence-corrected chi connectivity index (χ3v) is 1.52. The first-order valence-corrected chi connectivity index (χ1v) is 3.15. The predicted molar refractivity (Wildman–Crippen MR) is 32.1 cm³/mol. The van der Waals surface area contributed by atoms with Gasteiger partial charge in [0.25, 0.3) is 0 Å². The zero-order chi connectivity index (χ0) is 4.99. The molecule has 0 aromatic carbocycles. The Hall–Kier alpha value is 0.375. The van der Waals surface area contributed by atoms with Crippen molar-refractivity contribution >= 4 is 17.8 Å². The van der Waals surface area contributed by atoms with E-state index in [0.29, 0.717) is 6.19 Å². The van der Waals surface area contributed by atoms with Crippen LogP contribution >= 0.6 is 11.6 Å². The molecule has 0 aromatic heterocycles. The molecule has 0 saturated heterocycles. The zero-order valence-corrected chi connectivity index (χ0v) is 5.21. The summed E-state index contributed by atoms with van der Waals surface area (Å²) in [6, 6.07) is 0. The van der Waals surface area contributed by atoms with Crippen molar-refractivity contribution < 1.29 is 4.65 Å². The van der Waals surface area contributed by atoms with Crippen LogP contribution < -0.4 is 0 Å². The monoisotopic (exact) mass is 104 g/mol. The Morgan fingerprint density at radius 1 is 1.67 bits per heavy atom. The van der Waals surface area contributed by atoms with Crippen LogP contribution in [0.15, 0.2) is 0 Å². The first-order chi connectivity index (χ1) is 2.81. The molecule has 0 radical (unpaired) electrons. The summed E-state index contributed by atoms with van der Waals surface area (Å²) in [5.41, 5.74) is 0. The van der Waals surface area contributed by atoms with Crippen LogP contribution in [0.4, 0.5) is 0 Å². The summed E-state index contributed by atoms with van der Waals surface area (Å²) in [5, 5.41) is 0. The molecule has 0 aliphatic heterocycles. The van der Waals surface area contributed by atoms with Crippen LogP contribution in [0.1, 0.15) is 0 Å². The Labute approximate surface area is 43.5 Å². The first-order valence-electron chi connectivity index (χ1n) is 1.87. The molecule has 0 N–H and O–H groups in total. The predicted octanol–water partition coefficient (Wildman–Crippen LogP) is 1.11. The highest BCUT2D eigenvalue weighted by Gasteiger charge is 1.98. The Kier molecular flexibility index (Phi) is 3.78. The quantitative estimate of drug-likeness (QED) is 0.485. The van der Waals surface area contributed by atoms with Gasteiger partial charge in [-0.05, 0) is 13.1 Å². The van der Waals surface area contributed by atoms with Gasteiger partial charge in [-0.1, -0.05) is 0 Å². The third-order valence-electron chi connectivity index (χ3n) is 0.664. The molecule has 36 valence electrons. The Morgan fingerprint density at radius 2 is 2.17 bits per heavy atom. The van der Waals surface area contributed by atoms with Crippen molar-refractivity contribution in [2.45, 2.75) is 6.82 Å². The molecule has 6 heavy (non-hydrogen) atoms. The fourth-order valence-corrected chi connectivity index (χ4v) is 0.289. The van der Waals surface area contributed by atoms with Gasteiger partial charge in [0.05, 0.1) is 0 Å². The van der Waals surface area contributed by atoms with Crippen LogP contribution in [-0.2, 0) is 4.65 Å². The lowest BCUT2D eigenvalue weighted by molar-refractivity contribution is 0.441. The summed E-state index contributed by atoms with van der Waals surface area (Å²) < 4.78 is 4.86. The molecule has 0 amide bonds. The minimum Gasteiger partial charge on any atom is -0.429 e. The van der Waals surface area contributed by atoms with Crippen molar-refractivity contribution in [1.29, 1.82) is 0 Å². The molecule has 0 saturated carbocycles. The van der Waals surface area contributed by atoms with E-state index in [1.165, 1.54) is 0 Å². The molecule has 0 rings (SSSR count). The van der Waals surface area contributed by atoms with E-state index in [0.717, 1.165) is 0 Å². The first kappa shape index (κ1) is 6.37. The van der Waals surface area contributed by atoms with Gasteiger partial charge in [-0.25, -0.2) is 0 Å². The molecular weight excluding hydrogens is 94.9 g/mol. The van der Waals surface area contributed by atoms with E-state index in [4.69, 9.17) is 4.65 Å². The Balaban J connectivity index is 2.75.